The predicted molar refractivity (Wildman–Crippen MR) is 207 cm³/mol. The zero-order valence-electron chi connectivity index (χ0n) is 25.9. The molecule has 8 bridgehead atoms. The Balaban J connectivity index is 1.50. The van der Waals surface area contributed by atoms with Gasteiger partial charge in [-0.05, 0) is 163 Å². The molecule has 4 aliphatic heterocycles. The van der Waals surface area contributed by atoms with Crippen LogP contribution in [0.4, 0.5) is 0 Å². The smallest absolute Gasteiger partial charge is 0.273 e. The van der Waals surface area contributed by atoms with Crippen LogP contribution in [0.3, 0.4) is 0 Å². The van der Waals surface area contributed by atoms with E-state index in [0.717, 1.165) is 5.56 Å². The molecule has 4 heterocycles. The molecule has 8 rings (SSSR count). The monoisotopic (exact) mass is 1010 g/mol. The lowest BCUT2D eigenvalue weighted by Crippen LogP contribution is -2.33. The van der Waals surface area contributed by atoms with Crippen molar-refractivity contribution >= 4 is 109 Å². The van der Waals surface area contributed by atoms with Crippen molar-refractivity contribution in [3.63, 3.8) is 0 Å². The van der Waals surface area contributed by atoms with Gasteiger partial charge in [-0.25, -0.2) is 0 Å². The minimum atomic E-state index is -0.676. The van der Waals surface area contributed by atoms with Gasteiger partial charge in [0.25, 0.3) is 11.8 Å². The van der Waals surface area contributed by atoms with Crippen LogP contribution in [0.15, 0.2) is 93.5 Å². The third kappa shape index (κ3) is 9.51. The number of oxime groups is 2. The highest BCUT2D eigenvalue weighted by molar-refractivity contribution is 9.11. The highest BCUT2D eigenvalue weighted by Crippen LogP contribution is 2.44. The van der Waals surface area contributed by atoms with E-state index in [4.69, 9.17) is 9.47 Å². The summed E-state index contributed by atoms with van der Waals surface area (Å²) in [5, 5.41) is 52.6. The molecule has 2 amide bonds. The van der Waals surface area contributed by atoms with Crippen LogP contribution >= 0.6 is 79.6 Å². The van der Waals surface area contributed by atoms with Crippen LogP contribution in [-0.2, 0) is 28.9 Å². The van der Waals surface area contributed by atoms with E-state index in [1.165, 1.54) is 12.3 Å². The Morgan fingerprint density at radius 1 is 0.627 bits per heavy atom. The summed E-state index contributed by atoms with van der Waals surface area (Å²) in [7, 11) is 0. The molecular weight excluding hydrogens is 992 g/mol. The zero-order valence-corrected chi connectivity index (χ0v) is 33.8. The first-order chi connectivity index (χ1) is 24.4. The van der Waals surface area contributed by atoms with Gasteiger partial charge < -0.3 is 40.7 Å². The van der Waals surface area contributed by atoms with Crippen LogP contribution in [0.5, 0.6) is 34.5 Å². The summed E-state index contributed by atoms with van der Waals surface area (Å²) in [6.45, 7) is 0.180. The number of amides is 2. The van der Waals surface area contributed by atoms with Crippen LogP contribution in [-0.4, -0.2) is 50.4 Å². The van der Waals surface area contributed by atoms with E-state index in [9.17, 15) is 30.2 Å². The minimum Gasteiger partial charge on any atom is -0.503 e. The van der Waals surface area contributed by atoms with Gasteiger partial charge in [-0.3, -0.25) is 9.59 Å². The van der Waals surface area contributed by atoms with Crippen LogP contribution in [0, 0.1) is 0 Å². The summed E-state index contributed by atoms with van der Waals surface area (Å²) in [6, 6.07) is 14.8. The summed E-state index contributed by atoms with van der Waals surface area (Å²) in [6.07, 6.45) is 3.22. The first-order valence-electron chi connectivity index (χ1n) is 14.7. The number of hydrogen-bond donors (Lipinski definition) is 6. The molecule has 0 saturated heterocycles. The van der Waals surface area contributed by atoms with Gasteiger partial charge in [0.15, 0.2) is 28.7 Å². The summed E-state index contributed by atoms with van der Waals surface area (Å²) in [5.41, 5.74) is 2.12. The molecule has 0 spiro atoms. The van der Waals surface area contributed by atoms with E-state index in [2.05, 4.69) is 101 Å². The van der Waals surface area contributed by atoms with E-state index >= 15 is 0 Å². The van der Waals surface area contributed by atoms with E-state index in [1.807, 2.05) is 0 Å². The Morgan fingerprint density at radius 3 is 1.84 bits per heavy atom. The zero-order chi connectivity index (χ0) is 36.8. The molecule has 0 atom stereocenters. The number of carbonyl (C=O) groups is 2. The Labute approximate surface area is 332 Å². The number of carbonyl (C=O) groups excluding carboxylic acids is 2. The standard InChI is InChI=1S/C34H25Br5N4O8/c35-20-7-16-1-2-27(20)50-28-15-19(11-22(37)30(28)44)13-26(43-49)34(47)40-5-3-17-9-23(38)32(24(39)10-17)51-29-14-18(8-21(36)31(29)45)4-6-41-33(46)25(12-16)42-48/h1-3,5,7-11,14-15,44-45,48-49H,4,6,12-13H2,(H,40,47)(H,41,46)/b5-3+,42-25-,43-26+. The summed E-state index contributed by atoms with van der Waals surface area (Å²) in [5.74, 6) is -0.732. The normalized spacial score (nSPS) is 16.5. The lowest BCUT2D eigenvalue weighted by atomic mass is 10.1. The van der Waals surface area contributed by atoms with Crippen LogP contribution in [0.25, 0.3) is 6.08 Å². The maximum absolute atomic E-state index is 13.0. The van der Waals surface area contributed by atoms with Gasteiger partial charge in [0.1, 0.15) is 17.2 Å². The van der Waals surface area contributed by atoms with Crippen LogP contribution in [0.1, 0.15) is 22.3 Å². The van der Waals surface area contributed by atoms with Crippen LogP contribution in [0.2, 0.25) is 0 Å². The SMILES string of the molecule is O=C1NCCc2cc(Br)c(O)c(c2)Oc2c(Br)cc(cc2Br)/C=C/NC(=O)/C(=N/O)Cc2cc(Br)c(O)c(c2)Oc2ccc(cc2Br)C/C1=N/O. The molecule has 0 radical (unpaired) electrons. The van der Waals surface area contributed by atoms with Gasteiger partial charge in [0.2, 0.25) is 0 Å². The van der Waals surface area contributed by atoms with Gasteiger partial charge in [-0.15, -0.1) is 0 Å². The van der Waals surface area contributed by atoms with Gasteiger partial charge in [-0.2, -0.15) is 0 Å². The molecule has 51 heavy (non-hydrogen) atoms. The third-order valence-electron chi connectivity index (χ3n) is 7.32. The highest BCUT2D eigenvalue weighted by Gasteiger charge is 2.20. The molecule has 4 aromatic carbocycles. The second kappa shape index (κ2) is 17.1. The molecule has 0 fully saturated rings. The van der Waals surface area contributed by atoms with Crippen molar-refractivity contribution in [3.8, 4) is 34.5 Å². The van der Waals surface area contributed by atoms with E-state index < -0.39 is 11.8 Å². The first-order valence-corrected chi connectivity index (χ1v) is 18.7. The van der Waals surface area contributed by atoms with Crippen molar-refractivity contribution in [2.45, 2.75) is 19.3 Å². The molecular formula is C34H25Br5N4O8. The van der Waals surface area contributed by atoms with Crippen molar-refractivity contribution in [2.24, 2.45) is 10.3 Å². The van der Waals surface area contributed by atoms with Crippen LogP contribution < -0.4 is 20.1 Å². The lowest BCUT2D eigenvalue weighted by Gasteiger charge is -2.15. The quantitative estimate of drug-likeness (QED) is 0.0747. The number of aromatic hydroxyl groups is 2. The molecule has 17 heteroatoms. The first kappa shape index (κ1) is 38.3. The van der Waals surface area contributed by atoms with E-state index in [1.54, 1.807) is 54.6 Å². The predicted octanol–water partition coefficient (Wildman–Crippen LogP) is 8.70. The lowest BCUT2D eigenvalue weighted by molar-refractivity contribution is -0.115. The van der Waals surface area contributed by atoms with Gasteiger partial charge in [-0.1, -0.05) is 16.4 Å². The largest absolute Gasteiger partial charge is 0.503 e. The van der Waals surface area contributed by atoms with Crippen molar-refractivity contribution in [1.29, 1.82) is 0 Å². The number of halogens is 5. The van der Waals surface area contributed by atoms with Gasteiger partial charge in [0, 0.05) is 25.6 Å². The highest BCUT2D eigenvalue weighted by atomic mass is 79.9. The van der Waals surface area contributed by atoms with Gasteiger partial charge in [0.05, 0.1) is 22.4 Å². The second-order valence-corrected chi connectivity index (χ2v) is 15.2. The Hall–Kier alpha value is -3.90. The summed E-state index contributed by atoms with van der Waals surface area (Å²) < 4.78 is 14.3. The van der Waals surface area contributed by atoms with E-state index in [0.29, 0.717) is 52.5 Å². The summed E-state index contributed by atoms with van der Waals surface area (Å²) >= 11 is 17.1. The third-order valence-corrected chi connectivity index (χ3v) is 10.3. The molecule has 6 N–H and O–H groups in total. The Kier molecular flexibility index (Phi) is 12.8. The van der Waals surface area contributed by atoms with Crippen molar-refractivity contribution in [3.05, 3.63) is 105 Å². The van der Waals surface area contributed by atoms with E-state index in [-0.39, 0.29) is 58.3 Å². The fraction of sp³-hybridized carbons (Fsp3) is 0.118. The molecule has 264 valence electrons. The van der Waals surface area contributed by atoms with Crippen molar-refractivity contribution in [2.75, 3.05) is 6.54 Å². The molecule has 4 aliphatic rings. The number of rotatable bonds is 0. The second-order valence-electron chi connectivity index (χ2n) is 10.9. The average molecular weight is 1020 g/mol. The Bertz CT molecular complexity index is 2100. The van der Waals surface area contributed by atoms with Crippen molar-refractivity contribution in [1.82, 2.24) is 10.6 Å². The number of ether oxygens (including phenoxy) is 2. The number of benzene rings is 4. The molecule has 0 unspecified atom stereocenters. The molecule has 0 aliphatic carbocycles. The fourth-order valence-corrected chi connectivity index (χ4v) is 7.69. The molecule has 0 saturated carbocycles. The molecule has 4 aromatic rings. The average Bonchev–Trinajstić information content (AvgIpc) is 3.08. The fourth-order valence-electron chi connectivity index (χ4n) is 4.82. The number of nitrogens with one attached hydrogen (secondary N) is 2. The number of hydrogen-bond acceptors (Lipinski definition) is 10. The Morgan fingerprint density at radius 2 is 1.20 bits per heavy atom. The molecule has 0 aromatic heterocycles. The maximum Gasteiger partial charge on any atom is 0.273 e. The summed E-state index contributed by atoms with van der Waals surface area (Å²) in [4.78, 5) is 25.9. The van der Waals surface area contributed by atoms with Gasteiger partial charge >= 0.3 is 0 Å². The number of phenolic OH excluding ortho intramolecular Hbond substituents is 2. The minimum absolute atomic E-state index is 0.0146. The van der Waals surface area contributed by atoms with Crippen molar-refractivity contribution < 1.29 is 39.7 Å². The number of phenols is 2. The maximum atomic E-state index is 13.0. The number of nitrogens with zero attached hydrogens (tertiary/aromatic N) is 2. The molecule has 12 nitrogen and oxygen atoms in total. The topological polar surface area (TPSA) is 182 Å².